The predicted octanol–water partition coefficient (Wildman–Crippen LogP) is 0.818. The molecule has 0 aliphatic rings. The van der Waals surface area contributed by atoms with Gasteiger partial charge < -0.3 is 10.1 Å². The van der Waals surface area contributed by atoms with Crippen LogP contribution in [-0.4, -0.2) is 28.8 Å². The molecule has 0 aliphatic carbocycles. The summed E-state index contributed by atoms with van der Waals surface area (Å²) >= 11 is 0. The molecular weight excluding hydrogens is 214 g/mol. The minimum absolute atomic E-state index is 0.316. The van der Waals surface area contributed by atoms with E-state index in [1.165, 1.54) is 13.4 Å². The van der Waals surface area contributed by atoms with Crippen molar-refractivity contribution < 1.29 is 13.2 Å². The van der Waals surface area contributed by atoms with Gasteiger partial charge in [0.05, 0.1) is 12.0 Å². The minimum atomic E-state index is -3.21. The summed E-state index contributed by atoms with van der Waals surface area (Å²) in [6.07, 6.45) is 1.20. The molecule has 0 fully saturated rings. The van der Waals surface area contributed by atoms with E-state index in [0.29, 0.717) is 17.2 Å². The first-order chi connectivity index (χ1) is 6.99. The van der Waals surface area contributed by atoms with Crippen molar-refractivity contribution in [1.29, 1.82) is 0 Å². The Morgan fingerprint density at radius 1 is 1.40 bits per heavy atom. The Bertz CT molecular complexity index is 440. The Kier molecular flexibility index (Phi) is 3.71. The molecule has 0 bridgehead atoms. The third-order valence-corrected chi connectivity index (χ3v) is 3.22. The molecule has 0 unspecified atom stereocenters. The van der Waals surface area contributed by atoms with Crippen LogP contribution in [0.1, 0.15) is 5.56 Å². The monoisotopic (exact) mass is 229 g/mol. The van der Waals surface area contributed by atoms with E-state index in [-0.39, 0.29) is 0 Å². The summed E-state index contributed by atoms with van der Waals surface area (Å²) in [7, 11) is 0.0789. The van der Waals surface area contributed by atoms with E-state index in [1.807, 2.05) is 0 Å². The number of hydrogen-bond acceptors (Lipinski definition) is 4. The smallest absolute Gasteiger partial charge is 0.175 e. The molecule has 0 radical (unpaired) electrons. The zero-order chi connectivity index (χ0) is 11.5. The summed E-state index contributed by atoms with van der Waals surface area (Å²) in [6, 6.07) is 5.05. The molecular formula is C10H15NO3S. The van der Waals surface area contributed by atoms with Crippen LogP contribution in [0.2, 0.25) is 0 Å². The lowest BCUT2D eigenvalue weighted by Gasteiger charge is -2.09. The van der Waals surface area contributed by atoms with E-state index in [4.69, 9.17) is 4.74 Å². The molecule has 0 saturated carbocycles. The first kappa shape index (κ1) is 12.0. The summed E-state index contributed by atoms with van der Waals surface area (Å²) in [5.41, 5.74) is 0.751. The van der Waals surface area contributed by atoms with Crippen LogP contribution in [0.15, 0.2) is 23.1 Å². The number of ether oxygens (including phenoxy) is 1. The lowest BCUT2D eigenvalue weighted by molar-refractivity contribution is 0.413. The van der Waals surface area contributed by atoms with Crippen molar-refractivity contribution in [1.82, 2.24) is 5.32 Å². The van der Waals surface area contributed by atoms with Crippen molar-refractivity contribution in [3.8, 4) is 5.75 Å². The third kappa shape index (κ3) is 2.94. The molecule has 0 amide bonds. The van der Waals surface area contributed by atoms with Crippen molar-refractivity contribution >= 4 is 9.84 Å². The Morgan fingerprint density at radius 2 is 2.07 bits per heavy atom. The second-order valence-corrected chi connectivity index (χ2v) is 5.26. The number of nitrogens with one attached hydrogen (secondary N) is 1. The first-order valence-corrected chi connectivity index (χ1v) is 6.39. The van der Waals surface area contributed by atoms with Crippen molar-refractivity contribution in [2.45, 2.75) is 11.4 Å². The summed E-state index contributed by atoms with van der Waals surface area (Å²) in [5, 5.41) is 2.93. The van der Waals surface area contributed by atoms with Gasteiger partial charge in [0.2, 0.25) is 0 Å². The lowest BCUT2D eigenvalue weighted by atomic mass is 10.2. The van der Waals surface area contributed by atoms with Crippen LogP contribution in [0.4, 0.5) is 0 Å². The molecule has 0 spiro atoms. The largest absolute Gasteiger partial charge is 0.497 e. The van der Waals surface area contributed by atoms with Gasteiger partial charge in [-0.25, -0.2) is 8.42 Å². The Balaban J connectivity index is 3.29. The number of methoxy groups -OCH3 is 1. The minimum Gasteiger partial charge on any atom is -0.497 e. The first-order valence-electron chi connectivity index (χ1n) is 4.50. The number of rotatable bonds is 4. The van der Waals surface area contributed by atoms with Gasteiger partial charge >= 0.3 is 0 Å². The predicted molar refractivity (Wildman–Crippen MR) is 58.9 cm³/mol. The molecule has 4 nitrogen and oxygen atoms in total. The van der Waals surface area contributed by atoms with Crippen LogP contribution in [0.25, 0.3) is 0 Å². The molecule has 0 aromatic heterocycles. The molecule has 0 aliphatic heterocycles. The highest BCUT2D eigenvalue weighted by atomic mass is 32.2. The summed E-state index contributed by atoms with van der Waals surface area (Å²) in [4.78, 5) is 0.316. The van der Waals surface area contributed by atoms with Crippen molar-refractivity contribution in [3.05, 3.63) is 23.8 Å². The molecule has 0 heterocycles. The van der Waals surface area contributed by atoms with Crippen molar-refractivity contribution in [2.75, 3.05) is 20.4 Å². The SMILES string of the molecule is CNCc1ccc(OC)cc1S(C)(=O)=O. The van der Waals surface area contributed by atoms with Gasteiger partial charge in [-0.05, 0) is 24.7 Å². The van der Waals surface area contributed by atoms with E-state index < -0.39 is 9.84 Å². The van der Waals surface area contributed by atoms with Gasteiger partial charge in [0.15, 0.2) is 9.84 Å². The number of benzene rings is 1. The fourth-order valence-electron chi connectivity index (χ4n) is 1.34. The van der Waals surface area contributed by atoms with E-state index in [0.717, 1.165) is 5.56 Å². The highest BCUT2D eigenvalue weighted by molar-refractivity contribution is 7.90. The maximum absolute atomic E-state index is 11.5. The lowest BCUT2D eigenvalue weighted by Crippen LogP contribution is -2.10. The van der Waals surface area contributed by atoms with Gasteiger partial charge in [-0.2, -0.15) is 0 Å². The van der Waals surface area contributed by atoms with Gasteiger partial charge in [-0.1, -0.05) is 6.07 Å². The fourth-order valence-corrected chi connectivity index (χ4v) is 2.29. The Labute approximate surface area is 90.2 Å². The second-order valence-electron chi connectivity index (χ2n) is 3.28. The molecule has 0 atom stereocenters. The van der Waals surface area contributed by atoms with E-state index in [1.54, 1.807) is 25.2 Å². The topological polar surface area (TPSA) is 55.4 Å². The van der Waals surface area contributed by atoms with Crippen LogP contribution in [-0.2, 0) is 16.4 Å². The number of hydrogen-bond donors (Lipinski definition) is 1. The summed E-state index contributed by atoms with van der Waals surface area (Å²) in [5.74, 6) is 0.551. The maximum atomic E-state index is 11.5. The van der Waals surface area contributed by atoms with E-state index >= 15 is 0 Å². The van der Waals surface area contributed by atoms with Crippen LogP contribution in [0.5, 0.6) is 5.75 Å². The molecule has 0 saturated heterocycles. The Morgan fingerprint density at radius 3 is 2.53 bits per heavy atom. The zero-order valence-corrected chi connectivity index (χ0v) is 9.89. The van der Waals surface area contributed by atoms with Crippen LogP contribution < -0.4 is 10.1 Å². The standard InChI is InChI=1S/C10H15NO3S/c1-11-7-8-4-5-9(14-2)6-10(8)15(3,12)13/h4-6,11H,7H2,1-3H3. The molecule has 15 heavy (non-hydrogen) atoms. The van der Waals surface area contributed by atoms with Gasteiger partial charge in [0, 0.05) is 12.8 Å². The van der Waals surface area contributed by atoms with Gasteiger partial charge in [0.1, 0.15) is 5.75 Å². The Hall–Kier alpha value is -1.07. The highest BCUT2D eigenvalue weighted by Crippen LogP contribution is 2.21. The highest BCUT2D eigenvalue weighted by Gasteiger charge is 2.13. The molecule has 1 N–H and O–H groups in total. The average Bonchev–Trinajstić information content (AvgIpc) is 2.17. The van der Waals surface area contributed by atoms with Crippen molar-refractivity contribution in [2.24, 2.45) is 0 Å². The second kappa shape index (κ2) is 4.63. The molecule has 1 aromatic rings. The fraction of sp³-hybridized carbons (Fsp3) is 0.400. The number of sulfone groups is 1. The van der Waals surface area contributed by atoms with E-state index in [2.05, 4.69) is 5.32 Å². The molecule has 84 valence electrons. The zero-order valence-electron chi connectivity index (χ0n) is 9.07. The molecule has 5 heteroatoms. The molecule has 1 rings (SSSR count). The van der Waals surface area contributed by atoms with Crippen molar-refractivity contribution in [3.63, 3.8) is 0 Å². The summed E-state index contributed by atoms with van der Waals surface area (Å²) < 4.78 is 28.0. The normalized spacial score (nSPS) is 11.4. The van der Waals surface area contributed by atoms with Crippen LogP contribution in [0, 0.1) is 0 Å². The third-order valence-electron chi connectivity index (χ3n) is 2.04. The van der Waals surface area contributed by atoms with Gasteiger partial charge in [0.25, 0.3) is 0 Å². The van der Waals surface area contributed by atoms with Crippen LogP contribution >= 0.6 is 0 Å². The van der Waals surface area contributed by atoms with Crippen LogP contribution in [0.3, 0.4) is 0 Å². The maximum Gasteiger partial charge on any atom is 0.175 e. The average molecular weight is 229 g/mol. The molecule has 1 aromatic carbocycles. The summed E-state index contributed by atoms with van der Waals surface area (Å²) in [6.45, 7) is 0.520. The quantitative estimate of drug-likeness (QED) is 0.830. The van der Waals surface area contributed by atoms with Gasteiger partial charge in [-0.3, -0.25) is 0 Å². The van der Waals surface area contributed by atoms with E-state index in [9.17, 15) is 8.42 Å². The van der Waals surface area contributed by atoms with Gasteiger partial charge in [-0.15, -0.1) is 0 Å².